The number of carbonyl (C=O) groups is 1. The second kappa shape index (κ2) is 5.33. The average molecular weight is 324 g/mol. The molecule has 1 aliphatic heterocycles. The number of amides is 1. The van der Waals surface area contributed by atoms with Gasteiger partial charge in [0.2, 0.25) is 15.9 Å². The predicted octanol–water partition coefficient (Wildman–Crippen LogP) is 0.789. The van der Waals surface area contributed by atoms with E-state index in [1.807, 2.05) is 0 Å². The summed E-state index contributed by atoms with van der Waals surface area (Å²) in [5, 5.41) is 10.2. The lowest BCUT2D eigenvalue weighted by atomic mass is 10.0. The summed E-state index contributed by atoms with van der Waals surface area (Å²) >= 11 is 0. The number of sulfonamides is 1. The van der Waals surface area contributed by atoms with Crippen molar-refractivity contribution in [2.75, 3.05) is 18.5 Å². The lowest BCUT2D eigenvalue weighted by Gasteiger charge is -2.22. The van der Waals surface area contributed by atoms with Crippen molar-refractivity contribution in [3.8, 4) is 0 Å². The van der Waals surface area contributed by atoms with Gasteiger partial charge < -0.3 is 10.0 Å². The molecular formula is C15H20N2O4S. The molecule has 2 N–H and O–H groups in total. The smallest absolute Gasteiger partial charge is 0.240 e. The van der Waals surface area contributed by atoms with Crippen molar-refractivity contribution in [3.63, 3.8) is 0 Å². The minimum absolute atomic E-state index is 0.0330. The van der Waals surface area contributed by atoms with Crippen molar-refractivity contribution in [1.29, 1.82) is 0 Å². The van der Waals surface area contributed by atoms with Gasteiger partial charge in [-0.05, 0) is 36.6 Å². The van der Waals surface area contributed by atoms with Gasteiger partial charge in [0.25, 0.3) is 0 Å². The van der Waals surface area contributed by atoms with E-state index in [1.165, 1.54) is 17.0 Å². The van der Waals surface area contributed by atoms with E-state index in [1.54, 1.807) is 13.1 Å². The number of rotatable bonds is 4. The largest absolute Gasteiger partial charge is 0.389 e. The van der Waals surface area contributed by atoms with Crippen LogP contribution in [0.25, 0.3) is 0 Å². The minimum Gasteiger partial charge on any atom is -0.389 e. The van der Waals surface area contributed by atoms with Gasteiger partial charge in [0, 0.05) is 19.3 Å². The van der Waals surface area contributed by atoms with E-state index < -0.39 is 15.6 Å². The predicted molar refractivity (Wildman–Crippen MR) is 82.2 cm³/mol. The van der Waals surface area contributed by atoms with E-state index >= 15 is 0 Å². The van der Waals surface area contributed by atoms with Crippen molar-refractivity contribution in [2.24, 2.45) is 0 Å². The van der Waals surface area contributed by atoms with Crippen LogP contribution in [0.2, 0.25) is 0 Å². The third-order valence-corrected chi connectivity index (χ3v) is 5.96. The fraction of sp³-hybridized carbons (Fsp3) is 0.533. The van der Waals surface area contributed by atoms with Gasteiger partial charge in [-0.3, -0.25) is 4.79 Å². The molecule has 1 aromatic rings. The lowest BCUT2D eigenvalue weighted by molar-refractivity contribution is -0.117. The Labute approximate surface area is 130 Å². The molecule has 120 valence electrons. The van der Waals surface area contributed by atoms with Gasteiger partial charge in [0.15, 0.2) is 0 Å². The molecule has 0 spiro atoms. The molecule has 0 aromatic heterocycles. The van der Waals surface area contributed by atoms with Crippen LogP contribution in [-0.4, -0.2) is 38.6 Å². The molecule has 2 aliphatic rings. The molecule has 22 heavy (non-hydrogen) atoms. The first-order valence-electron chi connectivity index (χ1n) is 7.42. The molecule has 0 saturated heterocycles. The second-order valence-corrected chi connectivity index (χ2v) is 7.94. The number of aliphatic hydroxyl groups is 1. The first kappa shape index (κ1) is 15.5. The number of carbonyl (C=O) groups excluding carboxylic acids is 1. The second-order valence-electron chi connectivity index (χ2n) is 6.18. The van der Waals surface area contributed by atoms with Crippen LogP contribution in [0.5, 0.6) is 0 Å². The highest BCUT2D eigenvalue weighted by Gasteiger charge is 2.33. The van der Waals surface area contributed by atoms with Crippen molar-refractivity contribution < 1.29 is 18.3 Å². The minimum atomic E-state index is -3.68. The maximum absolute atomic E-state index is 12.4. The summed E-state index contributed by atoms with van der Waals surface area (Å²) in [6.45, 7) is 0.0330. The van der Waals surface area contributed by atoms with Crippen molar-refractivity contribution in [1.82, 2.24) is 4.72 Å². The zero-order chi connectivity index (χ0) is 16.0. The van der Waals surface area contributed by atoms with Gasteiger partial charge in [-0.25, -0.2) is 13.1 Å². The zero-order valence-electron chi connectivity index (χ0n) is 12.5. The van der Waals surface area contributed by atoms with Crippen LogP contribution in [0.1, 0.15) is 31.2 Å². The normalized spacial score (nSPS) is 20.5. The average Bonchev–Trinajstić information content (AvgIpc) is 3.02. The first-order chi connectivity index (χ1) is 10.3. The third kappa shape index (κ3) is 2.76. The summed E-state index contributed by atoms with van der Waals surface area (Å²) in [4.78, 5) is 13.3. The molecule has 0 bridgehead atoms. The Kier molecular flexibility index (Phi) is 3.74. The molecule has 1 aliphatic carbocycles. The van der Waals surface area contributed by atoms with Crippen molar-refractivity contribution >= 4 is 21.6 Å². The molecule has 1 saturated carbocycles. The number of hydrogen-bond acceptors (Lipinski definition) is 4. The van der Waals surface area contributed by atoms with Crippen LogP contribution < -0.4 is 9.62 Å². The molecule has 0 radical (unpaired) electrons. The third-order valence-electron chi connectivity index (χ3n) is 4.56. The van der Waals surface area contributed by atoms with Crippen LogP contribution in [0.15, 0.2) is 23.1 Å². The Morgan fingerprint density at radius 1 is 1.32 bits per heavy atom. The number of hydrogen-bond donors (Lipinski definition) is 2. The van der Waals surface area contributed by atoms with E-state index in [4.69, 9.17) is 0 Å². The molecule has 6 nitrogen and oxygen atoms in total. The molecule has 1 fully saturated rings. The van der Waals surface area contributed by atoms with E-state index in [0.717, 1.165) is 24.1 Å². The number of nitrogens with zero attached hydrogens (tertiary/aromatic N) is 1. The molecule has 1 heterocycles. The number of nitrogens with one attached hydrogen (secondary N) is 1. The van der Waals surface area contributed by atoms with Crippen LogP contribution in [0, 0.1) is 0 Å². The van der Waals surface area contributed by atoms with Crippen LogP contribution in [0.3, 0.4) is 0 Å². The standard InChI is InChI=1S/C15H20N2O4S/c1-17-13-5-4-12(8-11(13)9-14(17)18)22(20,21)16-10-15(19)6-2-3-7-15/h4-5,8,16,19H,2-3,6-7,9-10H2,1H3. The van der Waals surface area contributed by atoms with Gasteiger partial charge in [-0.2, -0.15) is 0 Å². The molecule has 7 heteroatoms. The van der Waals surface area contributed by atoms with Gasteiger partial charge in [-0.15, -0.1) is 0 Å². The van der Waals surface area contributed by atoms with E-state index in [9.17, 15) is 18.3 Å². The van der Waals surface area contributed by atoms with Crippen LogP contribution in [0.4, 0.5) is 5.69 Å². The lowest BCUT2D eigenvalue weighted by Crippen LogP contribution is -2.40. The van der Waals surface area contributed by atoms with E-state index in [0.29, 0.717) is 12.8 Å². The Bertz CT molecular complexity index is 708. The maximum atomic E-state index is 12.4. The summed E-state index contributed by atoms with van der Waals surface area (Å²) in [5.41, 5.74) is 0.535. The highest BCUT2D eigenvalue weighted by molar-refractivity contribution is 7.89. The van der Waals surface area contributed by atoms with Gasteiger partial charge in [0.1, 0.15) is 0 Å². The molecule has 1 aromatic carbocycles. The quantitative estimate of drug-likeness (QED) is 0.857. The Morgan fingerprint density at radius 3 is 2.68 bits per heavy atom. The topological polar surface area (TPSA) is 86.7 Å². The Morgan fingerprint density at radius 2 is 2.00 bits per heavy atom. The van der Waals surface area contributed by atoms with Gasteiger partial charge in [-0.1, -0.05) is 12.8 Å². The molecule has 3 rings (SSSR count). The Hall–Kier alpha value is -1.44. The molecular weight excluding hydrogens is 304 g/mol. The molecule has 1 amide bonds. The summed E-state index contributed by atoms with van der Waals surface area (Å²) in [5.74, 6) is -0.0437. The number of anilines is 1. The number of benzene rings is 1. The number of fused-ring (bicyclic) bond motifs is 1. The SMILES string of the molecule is CN1C(=O)Cc2cc(S(=O)(=O)NCC3(O)CCCC3)ccc21. The fourth-order valence-corrected chi connectivity index (χ4v) is 4.31. The highest BCUT2D eigenvalue weighted by atomic mass is 32.2. The maximum Gasteiger partial charge on any atom is 0.240 e. The van der Waals surface area contributed by atoms with Crippen molar-refractivity contribution in [3.05, 3.63) is 23.8 Å². The summed E-state index contributed by atoms with van der Waals surface area (Å²) < 4.78 is 27.2. The fourth-order valence-electron chi connectivity index (χ4n) is 3.14. The van der Waals surface area contributed by atoms with Gasteiger partial charge >= 0.3 is 0 Å². The summed E-state index contributed by atoms with van der Waals surface area (Å²) in [6, 6.07) is 4.69. The highest BCUT2D eigenvalue weighted by Crippen LogP contribution is 2.31. The van der Waals surface area contributed by atoms with Crippen LogP contribution >= 0.6 is 0 Å². The number of likely N-dealkylation sites (N-methyl/N-ethyl adjacent to an activating group) is 1. The zero-order valence-corrected chi connectivity index (χ0v) is 13.3. The summed E-state index contributed by atoms with van der Waals surface area (Å²) in [6.07, 6.45) is 3.31. The van der Waals surface area contributed by atoms with E-state index in [2.05, 4.69) is 4.72 Å². The van der Waals surface area contributed by atoms with Gasteiger partial charge in [0.05, 0.1) is 16.9 Å². The first-order valence-corrected chi connectivity index (χ1v) is 8.91. The molecule has 0 atom stereocenters. The monoisotopic (exact) mass is 324 g/mol. The van der Waals surface area contributed by atoms with Crippen LogP contribution in [-0.2, 0) is 21.2 Å². The van der Waals surface area contributed by atoms with E-state index in [-0.39, 0.29) is 23.8 Å². The van der Waals surface area contributed by atoms with Crippen molar-refractivity contribution in [2.45, 2.75) is 42.6 Å². The molecule has 0 unspecified atom stereocenters. The summed E-state index contributed by atoms with van der Waals surface area (Å²) in [7, 11) is -2.01. The Balaban J connectivity index is 1.78.